The number of hydrogen-bond acceptors (Lipinski definition) is 3. The highest BCUT2D eigenvalue weighted by molar-refractivity contribution is 6.31. The summed E-state index contributed by atoms with van der Waals surface area (Å²) in [6.45, 7) is 2.46. The van der Waals surface area contributed by atoms with Crippen molar-refractivity contribution in [3.05, 3.63) is 22.7 Å². The van der Waals surface area contributed by atoms with E-state index >= 15 is 0 Å². The van der Waals surface area contributed by atoms with Gasteiger partial charge in [0, 0.05) is 17.0 Å². The fraction of sp³-hybridized carbons (Fsp3) is 0.533. The molecule has 0 saturated heterocycles. The van der Waals surface area contributed by atoms with Gasteiger partial charge in [-0.15, -0.1) is 0 Å². The molecule has 1 aromatic carbocycles. The minimum absolute atomic E-state index is 0.000639. The molecule has 0 radical (unpaired) electrons. The van der Waals surface area contributed by atoms with Crippen molar-refractivity contribution in [3.63, 3.8) is 0 Å². The van der Waals surface area contributed by atoms with Crippen LogP contribution in [0, 0.1) is 18.8 Å². The first kappa shape index (κ1) is 15.1. The number of methoxy groups -OCH3 is 1. The van der Waals surface area contributed by atoms with Gasteiger partial charge in [0.2, 0.25) is 5.91 Å². The summed E-state index contributed by atoms with van der Waals surface area (Å²) in [5.41, 5.74) is 7.31. The van der Waals surface area contributed by atoms with E-state index in [2.05, 4.69) is 5.32 Å². The van der Waals surface area contributed by atoms with Gasteiger partial charge in [-0.1, -0.05) is 18.0 Å². The number of nitrogens with one attached hydrogen (secondary N) is 1. The van der Waals surface area contributed by atoms with Crippen molar-refractivity contribution in [1.82, 2.24) is 0 Å². The van der Waals surface area contributed by atoms with E-state index in [0.717, 1.165) is 24.8 Å². The van der Waals surface area contributed by atoms with E-state index < -0.39 is 0 Å². The quantitative estimate of drug-likeness (QED) is 0.898. The fourth-order valence-electron chi connectivity index (χ4n) is 2.82. The standard InChI is InChI=1S/C15H21ClN2O2/c1-9-6-13(14(20-2)7-12(9)16)18-15(19)11-5-3-4-10(11)8-17/h6-7,10-11H,3-5,8,17H2,1-2H3,(H,18,19). The molecule has 20 heavy (non-hydrogen) atoms. The number of ether oxygens (including phenoxy) is 1. The van der Waals surface area contributed by atoms with E-state index in [1.807, 2.05) is 13.0 Å². The van der Waals surface area contributed by atoms with Crippen LogP contribution in [0.3, 0.4) is 0 Å². The zero-order chi connectivity index (χ0) is 14.7. The Kier molecular flexibility index (Phi) is 4.89. The molecular weight excluding hydrogens is 276 g/mol. The fourth-order valence-corrected chi connectivity index (χ4v) is 2.97. The minimum atomic E-state index is 0.000639. The number of benzene rings is 1. The second-order valence-electron chi connectivity index (χ2n) is 5.32. The molecule has 0 heterocycles. The molecule has 0 aliphatic heterocycles. The molecule has 2 atom stereocenters. The third kappa shape index (κ3) is 3.07. The van der Waals surface area contributed by atoms with E-state index in [0.29, 0.717) is 23.0 Å². The molecule has 0 aromatic heterocycles. The third-order valence-electron chi connectivity index (χ3n) is 4.04. The lowest BCUT2D eigenvalue weighted by Gasteiger charge is -2.19. The molecule has 1 aliphatic carbocycles. The van der Waals surface area contributed by atoms with Crippen LogP contribution in [0.2, 0.25) is 5.02 Å². The first-order valence-corrected chi connectivity index (χ1v) is 7.29. The normalized spacial score (nSPS) is 21.8. The molecule has 1 aromatic rings. The maximum atomic E-state index is 12.4. The van der Waals surface area contributed by atoms with Crippen molar-refractivity contribution in [3.8, 4) is 5.75 Å². The van der Waals surface area contributed by atoms with Crippen LogP contribution in [0.4, 0.5) is 5.69 Å². The zero-order valence-electron chi connectivity index (χ0n) is 11.9. The maximum Gasteiger partial charge on any atom is 0.227 e. The monoisotopic (exact) mass is 296 g/mol. The lowest BCUT2D eigenvalue weighted by Crippen LogP contribution is -2.29. The van der Waals surface area contributed by atoms with Crippen LogP contribution in [0.1, 0.15) is 24.8 Å². The van der Waals surface area contributed by atoms with Crippen LogP contribution in [0.5, 0.6) is 5.75 Å². The van der Waals surface area contributed by atoms with E-state index in [9.17, 15) is 4.79 Å². The average Bonchev–Trinajstić information content (AvgIpc) is 2.91. The van der Waals surface area contributed by atoms with Crippen molar-refractivity contribution in [1.29, 1.82) is 0 Å². The van der Waals surface area contributed by atoms with E-state index in [1.54, 1.807) is 13.2 Å². The molecule has 1 amide bonds. The van der Waals surface area contributed by atoms with Crippen LogP contribution in [-0.4, -0.2) is 19.6 Å². The molecule has 2 rings (SSSR count). The van der Waals surface area contributed by atoms with Gasteiger partial charge in [0.25, 0.3) is 0 Å². The maximum absolute atomic E-state index is 12.4. The summed E-state index contributed by atoms with van der Waals surface area (Å²) in [6, 6.07) is 3.56. The summed E-state index contributed by atoms with van der Waals surface area (Å²) in [7, 11) is 1.56. The second-order valence-corrected chi connectivity index (χ2v) is 5.73. The van der Waals surface area contributed by atoms with Crippen molar-refractivity contribution < 1.29 is 9.53 Å². The van der Waals surface area contributed by atoms with E-state index in [-0.39, 0.29) is 17.7 Å². The smallest absolute Gasteiger partial charge is 0.227 e. The topological polar surface area (TPSA) is 64.3 Å². The van der Waals surface area contributed by atoms with Gasteiger partial charge in [0.1, 0.15) is 5.75 Å². The lowest BCUT2D eigenvalue weighted by molar-refractivity contribution is -0.120. The Hall–Kier alpha value is -1.26. The van der Waals surface area contributed by atoms with Gasteiger partial charge >= 0.3 is 0 Å². The number of aryl methyl sites for hydroxylation is 1. The van der Waals surface area contributed by atoms with Crippen molar-refractivity contribution >= 4 is 23.2 Å². The number of hydrogen-bond donors (Lipinski definition) is 2. The summed E-state index contributed by atoms with van der Waals surface area (Å²) in [5, 5.41) is 3.58. The molecule has 2 unspecified atom stereocenters. The van der Waals surface area contributed by atoms with Crippen LogP contribution < -0.4 is 15.8 Å². The molecule has 1 fully saturated rings. The largest absolute Gasteiger partial charge is 0.495 e. The predicted molar refractivity (Wildman–Crippen MR) is 81.3 cm³/mol. The Morgan fingerprint density at radius 2 is 2.25 bits per heavy atom. The summed E-state index contributed by atoms with van der Waals surface area (Å²) >= 11 is 6.06. The van der Waals surface area contributed by atoms with Gasteiger partial charge in [-0.05, 0) is 43.9 Å². The highest BCUT2D eigenvalue weighted by atomic mass is 35.5. The van der Waals surface area contributed by atoms with Gasteiger partial charge < -0.3 is 15.8 Å². The van der Waals surface area contributed by atoms with Crippen LogP contribution in [0.15, 0.2) is 12.1 Å². The van der Waals surface area contributed by atoms with Crippen LogP contribution in [-0.2, 0) is 4.79 Å². The minimum Gasteiger partial charge on any atom is -0.495 e. The average molecular weight is 297 g/mol. The zero-order valence-corrected chi connectivity index (χ0v) is 12.7. The first-order chi connectivity index (χ1) is 9.56. The number of amides is 1. The predicted octanol–water partition coefficient (Wildman–Crippen LogP) is 2.97. The highest BCUT2D eigenvalue weighted by Gasteiger charge is 2.32. The van der Waals surface area contributed by atoms with E-state index in [4.69, 9.17) is 22.1 Å². The number of rotatable bonds is 4. The Balaban J connectivity index is 2.17. The molecule has 0 spiro atoms. The third-order valence-corrected chi connectivity index (χ3v) is 4.44. The molecule has 0 bridgehead atoms. The molecule has 1 aliphatic rings. The van der Waals surface area contributed by atoms with Crippen LogP contribution in [0.25, 0.3) is 0 Å². The van der Waals surface area contributed by atoms with Gasteiger partial charge in [-0.3, -0.25) is 4.79 Å². The van der Waals surface area contributed by atoms with Gasteiger partial charge in [0.05, 0.1) is 12.8 Å². The number of carbonyl (C=O) groups is 1. The molecule has 110 valence electrons. The molecular formula is C15H21ClN2O2. The van der Waals surface area contributed by atoms with Crippen LogP contribution >= 0.6 is 11.6 Å². The van der Waals surface area contributed by atoms with Gasteiger partial charge in [0.15, 0.2) is 0 Å². The van der Waals surface area contributed by atoms with E-state index in [1.165, 1.54) is 0 Å². The van der Waals surface area contributed by atoms with Crippen molar-refractivity contribution in [2.24, 2.45) is 17.6 Å². The molecule has 5 heteroatoms. The Labute approximate surface area is 124 Å². The molecule has 4 nitrogen and oxygen atoms in total. The SMILES string of the molecule is COc1cc(Cl)c(C)cc1NC(=O)C1CCCC1CN. The van der Waals surface area contributed by atoms with Crippen molar-refractivity contribution in [2.75, 3.05) is 19.0 Å². The summed E-state index contributed by atoms with van der Waals surface area (Å²) in [6.07, 6.45) is 3.00. The first-order valence-electron chi connectivity index (χ1n) is 6.92. The lowest BCUT2D eigenvalue weighted by atomic mass is 9.95. The summed E-state index contributed by atoms with van der Waals surface area (Å²) < 4.78 is 5.27. The second kappa shape index (κ2) is 6.46. The Bertz CT molecular complexity index is 505. The Morgan fingerprint density at radius 1 is 1.50 bits per heavy atom. The number of carbonyl (C=O) groups excluding carboxylic acids is 1. The molecule has 3 N–H and O–H groups in total. The van der Waals surface area contributed by atoms with Gasteiger partial charge in [-0.25, -0.2) is 0 Å². The van der Waals surface area contributed by atoms with Crippen molar-refractivity contribution in [2.45, 2.75) is 26.2 Å². The Morgan fingerprint density at radius 3 is 2.90 bits per heavy atom. The summed E-state index contributed by atoms with van der Waals surface area (Å²) in [5.74, 6) is 0.893. The number of nitrogens with two attached hydrogens (primary N) is 1. The number of halogens is 1. The summed E-state index contributed by atoms with van der Waals surface area (Å²) in [4.78, 5) is 12.4. The van der Waals surface area contributed by atoms with Gasteiger partial charge in [-0.2, -0.15) is 0 Å². The highest BCUT2D eigenvalue weighted by Crippen LogP contribution is 2.35. The molecule has 1 saturated carbocycles. The number of anilines is 1.